The maximum atomic E-state index is 8.96. The van der Waals surface area contributed by atoms with E-state index in [1.54, 1.807) is 17.9 Å². The van der Waals surface area contributed by atoms with Gasteiger partial charge in [0.05, 0.1) is 25.3 Å². The molecule has 6 heteroatoms. The second-order valence-electron chi connectivity index (χ2n) is 4.70. The number of ether oxygens (including phenoxy) is 1. The van der Waals surface area contributed by atoms with Crippen LogP contribution >= 0.6 is 0 Å². The van der Waals surface area contributed by atoms with E-state index in [1.807, 2.05) is 42.5 Å². The minimum absolute atomic E-state index is 0.504. The lowest BCUT2D eigenvalue weighted by atomic mass is 10.1. The molecule has 0 amide bonds. The molecule has 22 heavy (non-hydrogen) atoms. The van der Waals surface area contributed by atoms with E-state index >= 15 is 0 Å². The fourth-order valence-corrected chi connectivity index (χ4v) is 2.17. The second kappa shape index (κ2) is 6.06. The lowest BCUT2D eigenvalue weighted by molar-refractivity contribution is 0.415. The Balaban J connectivity index is 1.89. The van der Waals surface area contributed by atoms with Crippen LogP contribution in [0.5, 0.6) is 5.75 Å². The highest BCUT2D eigenvalue weighted by molar-refractivity contribution is 5.56. The molecule has 0 saturated carbocycles. The summed E-state index contributed by atoms with van der Waals surface area (Å²) in [5, 5.41) is 20.8. The Morgan fingerprint density at radius 1 is 1.18 bits per heavy atom. The summed E-state index contributed by atoms with van der Waals surface area (Å²) in [4.78, 5) is 0. The Hall–Kier alpha value is -3.20. The second-order valence-corrected chi connectivity index (χ2v) is 4.70. The molecule has 3 aromatic rings. The van der Waals surface area contributed by atoms with Gasteiger partial charge in [0, 0.05) is 5.56 Å². The number of nitrogens with zero attached hydrogens (tertiary/aromatic N) is 5. The fraction of sp³-hybridized carbons (Fsp3) is 0.125. The van der Waals surface area contributed by atoms with Gasteiger partial charge in [-0.1, -0.05) is 12.1 Å². The van der Waals surface area contributed by atoms with Crippen LogP contribution in [0.15, 0.2) is 48.5 Å². The van der Waals surface area contributed by atoms with Gasteiger partial charge in [-0.3, -0.25) is 0 Å². The Morgan fingerprint density at radius 3 is 2.73 bits per heavy atom. The highest BCUT2D eigenvalue weighted by Gasteiger charge is 2.09. The van der Waals surface area contributed by atoms with Gasteiger partial charge in [0.1, 0.15) is 5.75 Å². The Labute approximate surface area is 127 Å². The number of rotatable bonds is 4. The summed E-state index contributed by atoms with van der Waals surface area (Å²) in [6.45, 7) is 0.504. The van der Waals surface area contributed by atoms with E-state index in [0.717, 1.165) is 16.9 Å². The molecule has 0 N–H and O–H groups in total. The van der Waals surface area contributed by atoms with Gasteiger partial charge >= 0.3 is 0 Å². The molecule has 6 nitrogen and oxygen atoms in total. The van der Waals surface area contributed by atoms with Crippen molar-refractivity contribution in [1.29, 1.82) is 5.26 Å². The number of nitriles is 1. The summed E-state index contributed by atoms with van der Waals surface area (Å²) in [5.74, 6) is 1.45. The highest BCUT2D eigenvalue weighted by atomic mass is 16.5. The first kappa shape index (κ1) is 13.8. The zero-order valence-corrected chi connectivity index (χ0v) is 12.0. The van der Waals surface area contributed by atoms with Crippen molar-refractivity contribution in [2.24, 2.45) is 0 Å². The van der Waals surface area contributed by atoms with Crippen molar-refractivity contribution in [2.45, 2.75) is 6.54 Å². The van der Waals surface area contributed by atoms with Crippen molar-refractivity contribution >= 4 is 0 Å². The van der Waals surface area contributed by atoms with E-state index in [2.05, 4.69) is 21.6 Å². The first-order chi connectivity index (χ1) is 10.8. The van der Waals surface area contributed by atoms with Crippen LogP contribution < -0.4 is 4.74 Å². The SMILES string of the molecule is COc1ccc(-c2nnnn2Cc2cccc(C#N)c2)cc1. The standard InChI is InChI=1S/C16H13N5O/c1-22-15-7-5-14(6-8-15)16-18-19-20-21(16)11-13-4-2-3-12(9-13)10-17/h2-9H,11H2,1H3. The molecule has 0 radical (unpaired) electrons. The third-order valence-corrected chi connectivity index (χ3v) is 3.27. The average molecular weight is 291 g/mol. The van der Waals surface area contributed by atoms with Crippen molar-refractivity contribution in [3.63, 3.8) is 0 Å². The summed E-state index contributed by atoms with van der Waals surface area (Å²) < 4.78 is 6.86. The third kappa shape index (κ3) is 2.79. The molecule has 1 aromatic heterocycles. The first-order valence-corrected chi connectivity index (χ1v) is 6.70. The summed E-state index contributed by atoms with van der Waals surface area (Å²) in [5.41, 5.74) is 2.50. The van der Waals surface area contributed by atoms with Crippen molar-refractivity contribution in [3.05, 3.63) is 59.7 Å². The molecular formula is C16H13N5O. The molecule has 0 fully saturated rings. The van der Waals surface area contributed by atoms with Crippen LogP contribution in [0.3, 0.4) is 0 Å². The zero-order chi connectivity index (χ0) is 15.4. The predicted molar refractivity (Wildman–Crippen MR) is 80.1 cm³/mol. The first-order valence-electron chi connectivity index (χ1n) is 6.70. The Kier molecular flexibility index (Phi) is 3.79. The molecule has 0 saturated heterocycles. The van der Waals surface area contributed by atoms with Crippen LogP contribution in [0.1, 0.15) is 11.1 Å². The van der Waals surface area contributed by atoms with E-state index in [1.165, 1.54) is 0 Å². The molecule has 0 atom stereocenters. The number of hydrogen-bond acceptors (Lipinski definition) is 5. The largest absolute Gasteiger partial charge is 0.497 e. The number of hydrogen-bond donors (Lipinski definition) is 0. The van der Waals surface area contributed by atoms with Gasteiger partial charge in [0.2, 0.25) is 0 Å². The molecule has 0 spiro atoms. The quantitative estimate of drug-likeness (QED) is 0.737. The smallest absolute Gasteiger partial charge is 0.182 e. The highest BCUT2D eigenvalue weighted by Crippen LogP contribution is 2.20. The molecule has 0 unspecified atom stereocenters. The van der Waals surface area contributed by atoms with Gasteiger partial charge < -0.3 is 4.74 Å². The lowest BCUT2D eigenvalue weighted by Crippen LogP contribution is -2.04. The van der Waals surface area contributed by atoms with Crippen LogP contribution in [0.2, 0.25) is 0 Å². The van der Waals surface area contributed by atoms with Gasteiger partial charge in [-0.15, -0.1) is 5.10 Å². The Bertz CT molecular complexity index is 817. The van der Waals surface area contributed by atoms with E-state index in [4.69, 9.17) is 10.00 Å². The zero-order valence-electron chi connectivity index (χ0n) is 12.0. The summed E-state index contributed by atoms with van der Waals surface area (Å²) in [6.07, 6.45) is 0. The lowest BCUT2D eigenvalue weighted by Gasteiger charge is -2.06. The van der Waals surface area contributed by atoms with Crippen molar-refractivity contribution in [2.75, 3.05) is 7.11 Å². The molecular weight excluding hydrogens is 278 g/mol. The molecule has 0 bridgehead atoms. The molecule has 2 aromatic carbocycles. The van der Waals surface area contributed by atoms with Gasteiger partial charge in [-0.05, 0) is 52.4 Å². The molecule has 108 valence electrons. The molecule has 0 aliphatic rings. The normalized spacial score (nSPS) is 10.2. The third-order valence-electron chi connectivity index (χ3n) is 3.27. The van der Waals surface area contributed by atoms with E-state index in [-0.39, 0.29) is 0 Å². The average Bonchev–Trinajstić information content (AvgIpc) is 3.03. The summed E-state index contributed by atoms with van der Waals surface area (Å²) in [6, 6.07) is 17.1. The number of methoxy groups -OCH3 is 1. The summed E-state index contributed by atoms with van der Waals surface area (Å²) in [7, 11) is 1.63. The van der Waals surface area contributed by atoms with Crippen molar-refractivity contribution < 1.29 is 4.74 Å². The van der Waals surface area contributed by atoms with Crippen LogP contribution in [-0.2, 0) is 6.54 Å². The Morgan fingerprint density at radius 2 is 2.00 bits per heavy atom. The van der Waals surface area contributed by atoms with E-state index in [9.17, 15) is 0 Å². The van der Waals surface area contributed by atoms with E-state index < -0.39 is 0 Å². The predicted octanol–water partition coefficient (Wildman–Crippen LogP) is 2.27. The van der Waals surface area contributed by atoms with Gasteiger partial charge in [0.15, 0.2) is 5.82 Å². The minimum Gasteiger partial charge on any atom is -0.497 e. The number of tetrazole rings is 1. The van der Waals surface area contributed by atoms with Gasteiger partial charge in [-0.2, -0.15) is 5.26 Å². The maximum absolute atomic E-state index is 8.96. The van der Waals surface area contributed by atoms with Gasteiger partial charge in [-0.25, -0.2) is 4.68 Å². The van der Waals surface area contributed by atoms with Crippen LogP contribution in [-0.4, -0.2) is 27.3 Å². The topological polar surface area (TPSA) is 76.6 Å². The van der Waals surface area contributed by atoms with Crippen LogP contribution in [0.4, 0.5) is 0 Å². The van der Waals surface area contributed by atoms with E-state index in [0.29, 0.717) is 17.9 Å². The van der Waals surface area contributed by atoms with Crippen molar-refractivity contribution in [1.82, 2.24) is 20.2 Å². The summed E-state index contributed by atoms with van der Waals surface area (Å²) >= 11 is 0. The number of benzene rings is 2. The molecule has 3 rings (SSSR count). The fourth-order valence-electron chi connectivity index (χ4n) is 2.17. The monoisotopic (exact) mass is 291 g/mol. The number of aromatic nitrogens is 4. The minimum atomic E-state index is 0.504. The molecule has 0 aliphatic carbocycles. The van der Waals surface area contributed by atoms with Gasteiger partial charge in [0.25, 0.3) is 0 Å². The molecule has 1 heterocycles. The maximum Gasteiger partial charge on any atom is 0.182 e. The van der Waals surface area contributed by atoms with Crippen molar-refractivity contribution in [3.8, 4) is 23.2 Å². The molecule has 0 aliphatic heterocycles. The van der Waals surface area contributed by atoms with Crippen LogP contribution in [0.25, 0.3) is 11.4 Å². The van der Waals surface area contributed by atoms with Crippen LogP contribution in [0, 0.1) is 11.3 Å².